The van der Waals surface area contributed by atoms with Crippen LogP contribution in [-0.4, -0.2) is 46.1 Å². The van der Waals surface area contributed by atoms with Crippen LogP contribution in [0.15, 0.2) is 36.5 Å². The number of allylic oxidation sites excluding steroid dienone is 5. The summed E-state index contributed by atoms with van der Waals surface area (Å²) in [6.45, 7) is 3.96. The Kier molecular flexibility index (Phi) is 37.2. The molecule has 0 aliphatic heterocycles. The molecule has 5 nitrogen and oxygen atoms in total. The maximum Gasteiger partial charge on any atom is 0.222 e. The minimum absolute atomic E-state index is 0.00427. The highest BCUT2D eigenvalue weighted by molar-refractivity contribution is 5.76. The second-order valence-electron chi connectivity index (χ2n) is 14.2. The van der Waals surface area contributed by atoms with Crippen LogP contribution in [0, 0.1) is 0 Å². The predicted octanol–water partition coefficient (Wildman–Crippen LogP) is 11.6. The summed E-state index contributed by atoms with van der Waals surface area (Å²) in [6.07, 6.45) is 47.5. The Morgan fingerprint density at radius 3 is 1.33 bits per heavy atom. The molecule has 3 atom stereocenters. The van der Waals surface area contributed by atoms with E-state index in [1.54, 1.807) is 6.08 Å². The summed E-state index contributed by atoms with van der Waals surface area (Å²) >= 11 is 0. The van der Waals surface area contributed by atoms with E-state index in [4.69, 9.17) is 0 Å². The van der Waals surface area contributed by atoms with Gasteiger partial charge < -0.3 is 20.6 Å². The number of amides is 1. The molecule has 0 rings (SSSR count). The van der Waals surface area contributed by atoms with Crippen molar-refractivity contribution in [1.29, 1.82) is 0 Å². The van der Waals surface area contributed by atoms with E-state index >= 15 is 0 Å². The van der Waals surface area contributed by atoms with Gasteiger partial charge in [0.05, 0.1) is 31.3 Å². The molecule has 282 valence electrons. The van der Waals surface area contributed by atoms with Gasteiger partial charge >= 0.3 is 0 Å². The molecule has 0 aromatic rings. The van der Waals surface area contributed by atoms with Gasteiger partial charge in [0.2, 0.25) is 5.91 Å². The maximum absolute atomic E-state index is 12.4. The average Bonchev–Trinajstić information content (AvgIpc) is 3.08. The molecule has 0 saturated heterocycles. The van der Waals surface area contributed by atoms with Crippen molar-refractivity contribution in [1.82, 2.24) is 5.32 Å². The number of nitrogens with one attached hydrogen (secondary N) is 1. The van der Waals surface area contributed by atoms with Crippen molar-refractivity contribution in [3.05, 3.63) is 36.5 Å². The molecule has 0 aliphatic carbocycles. The first kappa shape index (κ1) is 46.6. The third-order valence-corrected chi connectivity index (χ3v) is 9.50. The van der Waals surface area contributed by atoms with Crippen LogP contribution in [0.2, 0.25) is 0 Å². The van der Waals surface area contributed by atoms with E-state index in [2.05, 4.69) is 36.5 Å². The number of aliphatic hydroxyl groups excluding tert-OH is 3. The molecule has 0 saturated carbocycles. The zero-order valence-corrected chi connectivity index (χ0v) is 31.9. The Balaban J connectivity index is 3.56. The lowest BCUT2D eigenvalue weighted by Gasteiger charge is -2.21. The van der Waals surface area contributed by atoms with Crippen molar-refractivity contribution in [2.75, 3.05) is 6.61 Å². The lowest BCUT2D eigenvalue weighted by molar-refractivity contribution is -0.124. The summed E-state index contributed by atoms with van der Waals surface area (Å²) < 4.78 is 0. The molecule has 3 unspecified atom stereocenters. The Hall–Kier alpha value is -1.43. The summed E-state index contributed by atoms with van der Waals surface area (Å²) in [5.74, 6) is -0.331. The van der Waals surface area contributed by atoms with Crippen molar-refractivity contribution in [2.45, 2.75) is 225 Å². The van der Waals surface area contributed by atoms with Gasteiger partial charge in [0.15, 0.2) is 0 Å². The summed E-state index contributed by atoms with van der Waals surface area (Å²) in [7, 11) is 0. The fraction of sp³-hybridized carbons (Fsp3) is 0.837. The van der Waals surface area contributed by atoms with Gasteiger partial charge in [0.25, 0.3) is 0 Å². The smallest absolute Gasteiger partial charge is 0.222 e. The highest BCUT2D eigenvalue weighted by Gasteiger charge is 2.20. The largest absolute Gasteiger partial charge is 0.394 e. The van der Waals surface area contributed by atoms with Crippen molar-refractivity contribution in [3.63, 3.8) is 0 Å². The molecular weight excluding hydrogens is 594 g/mol. The van der Waals surface area contributed by atoms with E-state index in [0.29, 0.717) is 6.42 Å². The lowest BCUT2D eigenvalue weighted by atomic mass is 10.0. The van der Waals surface area contributed by atoms with Crippen LogP contribution >= 0.6 is 0 Å². The summed E-state index contributed by atoms with van der Waals surface area (Å²) in [6, 6.07) is -0.763. The number of hydrogen-bond donors (Lipinski definition) is 4. The first-order chi connectivity index (χ1) is 23.5. The second kappa shape index (κ2) is 38.4. The fourth-order valence-electron chi connectivity index (χ4n) is 6.32. The van der Waals surface area contributed by atoms with Crippen molar-refractivity contribution >= 4 is 5.91 Å². The van der Waals surface area contributed by atoms with Crippen LogP contribution in [0.5, 0.6) is 0 Å². The summed E-state index contributed by atoms with van der Waals surface area (Å²) in [4.78, 5) is 12.4. The van der Waals surface area contributed by atoms with E-state index in [9.17, 15) is 20.1 Å². The average molecular weight is 676 g/mol. The van der Waals surface area contributed by atoms with Gasteiger partial charge in [-0.15, -0.1) is 0 Å². The number of hydrogen-bond acceptors (Lipinski definition) is 4. The van der Waals surface area contributed by atoms with Crippen molar-refractivity contribution in [2.24, 2.45) is 0 Å². The molecule has 0 radical (unpaired) electrons. The van der Waals surface area contributed by atoms with Crippen LogP contribution in [-0.2, 0) is 4.79 Å². The number of rotatable bonds is 37. The molecule has 48 heavy (non-hydrogen) atoms. The van der Waals surface area contributed by atoms with Crippen LogP contribution in [0.4, 0.5) is 0 Å². The predicted molar refractivity (Wildman–Crippen MR) is 208 cm³/mol. The zero-order valence-electron chi connectivity index (χ0n) is 31.9. The number of unbranched alkanes of at least 4 members (excludes halogenated alkanes) is 25. The van der Waals surface area contributed by atoms with Crippen molar-refractivity contribution < 1.29 is 20.1 Å². The monoisotopic (exact) mass is 676 g/mol. The van der Waals surface area contributed by atoms with Gasteiger partial charge in [-0.1, -0.05) is 197 Å². The van der Waals surface area contributed by atoms with Gasteiger partial charge in [0, 0.05) is 0 Å². The topological polar surface area (TPSA) is 89.8 Å². The van der Waals surface area contributed by atoms with Crippen LogP contribution in [0.1, 0.15) is 206 Å². The van der Waals surface area contributed by atoms with Crippen LogP contribution < -0.4 is 5.32 Å². The third kappa shape index (κ3) is 34.4. The first-order valence-corrected chi connectivity index (χ1v) is 20.7. The van der Waals surface area contributed by atoms with E-state index in [1.165, 1.54) is 141 Å². The maximum atomic E-state index is 12.4. The second-order valence-corrected chi connectivity index (χ2v) is 14.2. The molecular formula is C43H81NO4. The quantitative estimate of drug-likeness (QED) is 0.0390. The van der Waals surface area contributed by atoms with Gasteiger partial charge in [0.1, 0.15) is 0 Å². The molecule has 0 bridgehead atoms. The highest BCUT2D eigenvalue weighted by atomic mass is 16.3. The Morgan fingerprint density at radius 1 is 0.562 bits per heavy atom. The minimum atomic E-state index is -0.955. The summed E-state index contributed by atoms with van der Waals surface area (Å²) in [5.41, 5.74) is 0. The standard InChI is InChI=1S/C43H81NO4/c1-3-5-7-9-11-13-14-15-16-17-18-19-20-21-22-23-24-25-26-27-29-30-32-34-36-40(46)38-43(48)44-41(39-45)42(47)37-35-33-31-28-12-10-8-6-4-2/h4,6,12,28,35,37,40-42,45-47H,3,5,7-11,13-27,29-34,36,38-39H2,1-2H3,(H,44,48)/b6-4+,28-12+,37-35+. The minimum Gasteiger partial charge on any atom is -0.394 e. The molecule has 0 aromatic heterocycles. The molecule has 0 spiro atoms. The van der Waals surface area contributed by atoms with Crippen LogP contribution in [0.3, 0.4) is 0 Å². The van der Waals surface area contributed by atoms with Gasteiger partial charge in [-0.2, -0.15) is 0 Å². The first-order valence-electron chi connectivity index (χ1n) is 20.7. The van der Waals surface area contributed by atoms with E-state index in [0.717, 1.165) is 38.5 Å². The highest BCUT2D eigenvalue weighted by Crippen LogP contribution is 2.16. The SMILES string of the molecule is C/C=C/CC/C=C/CC/C=C/C(O)C(CO)NC(=O)CC(O)CCCCCCCCCCCCCCCCCCCCCCCCCC. The van der Waals surface area contributed by atoms with Gasteiger partial charge in [-0.25, -0.2) is 0 Å². The van der Waals surface area contributed by atoms with Crippen LogP contribution in [0.25, 0.3) is 0 Å². The molecule has 0 aromatic carbocycles. The molecule has 5 heteroatoms. The Morgan fingerprint density at radius 2 is 0.938 bits per heavy atom. The number of carbonyl (C=O) groups excluding carboxylic acids is 1. The number of carbonyl (C=O) groups is 1. The molecule has 1 amide bonds. The fourth-order valence-corrected chi connectivity index (χ4v) is 6.32. The molecule has 0 heterocycles. The zero-order chi connectivity index (χ0) is 35.2. The van der Waals surface area contributed by atoms with E-state index in [-0.39, 0.29) is 18.9 Å². The molecule has 0 aliphatic rings. The van der Waals surface area contributed by atoms with E-state index < -0.39 is 18.2 Å². The normalized spacial score (nSPS) is 14.0. The molecule has 4 N–H and O–H groups in total. The van der Waals surface area contributed by atoms with E-state index in [1.807, 2.05) is 13.0 Å². The van der Waals surface area contributed by atoms with Gasteiger partial charge in [-0.05, 0) is 39.0 Å². The lowest BCUT2D eigenvalue weighted by Crippen LogP contribution is -2.45. The third-order valence-electron chi connectivity index (χ3n) is 9.50. The molecule has 0 fully saturated rings. The number of aliphatic hydroxyl groups is 3. The Bertz CT molecular complexity index is 749. The summed E-state index contributed by atoms with van der Waals surface area (Å²) in [5, 5.41) is 33.0. The Labute approximate surface area is 298 Å². The van der Waals surface area contributed by atoms with Crippen molar-refractivity contribution in [3.8, 4) is 0 Å². The van der Waals surface area contributed by atoms with Gasteiger partial charge in [-0.3, -0.25) is 4.79 Å².